The average Bonchev–Trinajstić information content (AvgIpc) is 2.91. The summed E-state index contributed by atoms with van der Waals surface area (Å²) in [5, 5.41) is 43.5. The van der Waals surface area contributed by atoms with Crippen LogP contribution in [0.4, 0.5) is 11.4 Å². The number of nitro benzene ring substituents is 2. The minimum atomic E-state index is -1.42. The fourth-order valence-electron chi connectivity index (χ4n) is 4.36. The van der Waals surface area contributed by atoms with Crippen molar-refractivity contribution in [1.29, 1.82) is 0 Å². The smallest absolute Gasteiger partial charge is 0.354 e. The molecule has 0 unspecified atom stereocenters. The summed E-state index contributed by atoms with van der Waals surface area (Å²) >= 11 is 0. The molecule has 38 heavy (non-hydrogen) atoms. The second-order valence-electron chi connectivity index (χ2n) is 8.13. The van der Waals surface area contributed by atoms with Crippen molar-refractivity contribution in [3.8, 4) is 22.3 Å². The Balaban J connectivity index is 1.97. The summed E-state index contributed by atoms with van der Waals surface area (Å²) in [6.45, 7) is 0. The second-order valence-corrected chi connectivity index (χ2v) is 8.13. The third-order valence-electron chi connectivity index (χ3n) is 5.98. The van der Waals surface area contributed by atoms with E-state index in [0.29, 0.717) is 0 Å². The Morgan fingerprint density at radius 2 is 0.974 bits per heavy atom. The van der Waals surface area contributed by atoms with E-state index in [4.69, 9.17) is 0 Å². The molecule has 0 aliphatic rings. The van der Waals surface area contributed by atoms with Gasteiger partial charge in [-0.25, -0.2) is 19.6 Å². The van der Waals surface area contributed by atoms with Crippen molar-refractivity contribution in [2.24, 2.45) is 0 Å². The van der Waals surface area contributed by atoms with Crippen molar-refractivity contribution >= 4 is 45.1 Å². The molecule has 186 valence electrons. The fraction of sp³-hybridized carbons (Fsp3) is 0. The molecule has 0 amide bonds. The Morgan fingerprint density at radius 3 is 1.32 bits per heavy atom. The van der Waals surface area contributed by atoms with Crippen molar-refractivity contribution in [1.82, 2.24) is 9.97 Å². The highest BCUT2D eigenvalue weighted by Gasteiger charge is 2.24. The number of hydrogen-bond donors (Lipinski definition) is 2. The van der Waals surface area contributed by atoms with Crippen LogP contribution in [0.5, 0.6) is 0 Å². The first-order valence-electron chi connectivity index (χ1n) is 10.9. The van der Waals surface area contributed by atoms with Gasteiger partial charge in [-0.1, -0.05) is 36.4 Å². The van der Waals surface area contributed by atoms with Gasteiger partial charge in [0, 0.05) is 34.0 Å². The molecular formula is C26H14N4O8. The molecule has 0 atom stereocenters. The average molecular weight is 510 g/mol. The molecule has 5 aromatic rings. The van der Waals surface area contributed by atoms with Gasteiger partial charge < -0.3 is 10.2 Å². The molecule has 2 aromatic heterocycles. The zero-order valence-corrected chi connectivity index (χ0v) is 19.1. The molecule has 0 fully saturated rings. The van der Waals surface area contributed by atoms with Gasteiger partial charge in [0.1, 0.15) is 11.4 Å². The van der Waals surface area contributed by atoms with Crippen LogP contribution >= 0.6 is 0 Å². The van der Waals surface area contributed by atoms with Gasteiger partial charge >= 0.3 is 11.9 Å². The summed E-state index contributed by atoms with van der Waals surface area (Å²) in [4.78, 5) is 54.6. The predicted molar refractivity (Wildman–Crippen MR) is 135 cm³/mol. The predicted octanol–water partition coefficient (Wildman–Crippen LogP) is 5.33. The number of pyridine rings is 2. The molecule has 12 nitrogen and oxygen atoms in total. The molecule has 0 saturated heterocycles. The van der Waals surface area contributed by atoms with Crippen LogP contribution in [0.1, 0.15) is 21.0 Å². The molecule has 2 heterocycles. The molecule has 0 spiro atoms. The molecule has 3 aromatic carbocycles. The Hall–Kier alpha value is -5.78. The SMILES string of the molecule is O=C(O)c1cc(-c2ccccc2[N+](=O)[O-])c2ccc3c(-c4ccccc4[N+](=O)[O-])cc(C(=O)O)nc3c2n1. The van der Waals surface area contributed by atoms with E-state index in [0.717, 1.165) is 0 Å². The van der Waals surface area contributed by atoms with Crippen molar-refractivity contribution in [3.63, 3.8) is 0 Å². The third kappa shape index (κ3) is 3.91. The maximum absolute atomic E-state index is 12.0. The van der Waals surface area contributed by atoms with Crippen LogP contribution in [0.25, 0.3) is 44.1 Å². The first-order valence-corrected chi connectivity index (χ1v) is 10.9. The number of hydrogen-bond acceptors (Lipinski definition) is 8. The number of nitrogens with zero attached hydrogens (tertiary/aromatic N) is 4. The van der Waals surface area contributed by atoms with Crippen LogP contribution in [-0.2, 0) is 0 Å². The summed E-state index contributed by atoms with van der Waals surface area (Å²) in [6.07, 6.45) is 0. The van der Waals surface area contributed by atoms with E-state index < -0.39 is 33.2 Å². The van der Waals surface area contributed by atoms with Crippen LogP contribution in [-0.4, -0.2) is 42.0 Å². The normalized spacial score (nSPS) is 10.9. The number of para-hydroxylation sites is 2. The van der Waals surface area contributed by atoms with Gasteiger partial charge in [0.2, 0.25) is 0 Å². The molecule has 0 aliphatic heterocycles. The fourth-order valence-corrected chi connectivity index (χ4v) is 4.36. The summed E-state index contributed by atoms with van der Waals surface area (Å²) in [5.41, 5.74) is -0.903. The van der Waals surface area contributed by atoms with E-state index in [-0.39, 0.29) is 55.4 Å². The summed E-state index contributed by atoms with van der Waals surface area (Å²) < 4.78 is 0. The highest BCUT2D eigenvalue weighted by atomic mass is 16.6. The van der Waals surface area contributed by atoms with Gasteiger partial charge in [0.15, 0.2) is 0 Å². The monoisotopic (exact) mass is 510 g/mol. The number of carboxylic acid groups (broad SMARTS) is 2. The van der Waals surface area contributed by atoms with E-state index in [1.165, 1.54) is 48.5 Å². The largest absolute Gasteiger partial charge is 0.477 e. The molecule has 0 aliphatic carbocycles. The molecule has 0 saturated carbocycles. The molecule has 2 N–H and O–H groups in total. The van der Waals surface area contributed by atoms with Gasteiger partial charge in [-0.05, 0) is 24.3 Å². The zero-order valence-electron chi connectivity index (χ0n) is 19.1. The quantitative estimate of drug-likeness (QED) is 0.172. The first kappa shape index (κ1) is 23.9. The topological polar surface area (TPSA) is 187 Å². The standard InChI is InChI=1S/C26H14N4O8/c31-25(32)19-11-17(13-5-1-3-7-21(13)29(35)36)15-9-10-16-18(14-6-2-4-8-22(14)30(37)38)12-20(26(33)34)28-24(16)23(15)27-19/h1-12H,(H,31,32)(H,33,34). The van der Waals surface area contributed by atoms with Crippen molar-refractivity contribution in [2.45, 2.75) is 0 Å². The number of carboxylic acids is 2. The maximum atomic E-state index is 12.0. The number of aromatic nitrogens is 2. The third-order valence-corrected chi connectivity index (χ3v) is 5.98. The summed E-state index contributed by atoms with van der Waals surface area (Å²) in [7, 11) is 0. The Morgan fingerprint density at radius 1 is 0.605 bits per heavy atom. The second kappa shape index (κ2) is 9.02. The van der Waals surface area contributed by atoms with Crippen LogP contribution in [0.15, 0.2) is 72.8 Å². The van der Waals surface area contributed by atoms with Gasteiger partial charge in [-0.15, -0.1) is 0 Å². The maximum Gasteiger partial charge on any atom is 0.354 e. The number of nitro groups is 2. The van der Waals surface area contributed by atoms with Gasteiger partial charge in [0.05, 0.1) is 32.0 Å². The highest BCUT2D eigenvalue weighted by Crippen LogP contribution is 2.40. The molecule has 0 bridgehead atoms. The number of fused-ring (bicyclic) bond motifs is 3. The summed E-state index contributed by atoms with van der Waals surface area (Å²) in [5.74, 6) is -2.84. The van der Waals surface area contributed by atoms with E-state index in [1.54, 1.807) is 24.3 Å². The zero-order chi connectivity index (χ0) is 27.1. The lowest BCUT2D eigenvalue weighted by molar-refractivity contribution is -0.384. The van der Waals surface area contributed by atoms with Gasteiger partial charge in [-0.2, -0.15) is 0 Å². The highest BCUT2D eigenvalue weighted by molar-refractivity contribution is 6.14. The molecule has 5 rings (SSSR count). The Labute approximate surface area is 211 Å². The van der Waals surface area contributed by atoms with E-state index >= 15 is 0 Å². The molecule has 0 radical (unpaired) electrons. The lowest BCUT2D eigenvalue weighted by Gasteiger charge is -2.13. The van der Waals surface area contributed by atoms with E-state index in [1.807, 2.05) is 0 Å². The Kier molecular flexibility index (Phi) is 5.68. The lowest BCUT2D eigenvalue weighted by Crippen LogP contribution is -2.05. The lowest BCUT2D eigenvalue weighted by atomic mass is 9.94. The van der Waals surface area contributed by atoms with Crippen LogP contribution in [0.2, 0.25) is 0 Å². The van der Waals surface area contributed by atoms with E-state index in [9.17, 15) is 40.0 Å². The van der Waals surface area contributed by atoms with Gasteiger partial charge in [0.25, 0.3) is 11.4 Å². The minimum Gasteiger partial charge on any atom is -0.477 e. The minimum absolute atomic E-state index is 0.0292. The van der Waals surface area contributed by atoms with Crippen molar-refractivity contribution in [2.75, 3.05) is 0 Å². The van der Waals surface area contributed by atoms with Crippen LogP contribution < -0.4 is 0 Å². The Bertz CT molecular complexity index is 1720. The number of rotatable bonds is 6. The van der Waals surface area contributed by atoms with Crippen molar-refractivity contribution in [3.05, 3.63) is 104 Å². The van der Waals surface area contributed by atoms with Crippen molar-refractivity contribution < 1.29 is 29.6 Å². The molecular weight excluding hydrogens is 496 g/mol. The van der Waals surface area contributed by atoms with Crippen LogP contribution in [0, 0.1) is 20.2 Å². The number of aromatic carboxylic acids is 2. The number of carbonyl (C=O) groups is 2. The summed E-state index contributed by atoms with van der Waals surface area (Å²) in [6, 6.07) is 17.0. The first-order chi connectivity index (χ1) is 18.2. The number of benzene rings is 3. The van der Waals surface area contributed by atoms with Crippen LogP contribution in [0.3, 0.4) is 0 Å². The van der Waals surface area contributed by atoms with Gasteiger partial charge in [-0.3, -0.25) is 20.2 Å². The van der Waals surface area contributed by atoms with E-state index in [2.05, 4.69) is 9.97 Å². The molecule has 12 heteroatoms.